The second-order valence-electron chi connectivity index (χ2n) is 6.81. The third kappa shape index (κ3) is 13.2. The van der Waals surface area contributed by atoms with E-state index < -0.39 is 11.9 Å². The van der Waals surface area contributed by atoms with Gasteiger partial charge in [-0.15, -0.1) is 0 Å². The van der Waals surface area contributed by atoms with Crippen LogP contribution in [0.1, 0.15) is 41.5 Å². The molecule has 0 saturated heterocycles. The summed E-state index contributed by atoms with van der Waals surface area (Å²) >= 11 is 0. The van der Waals surface area contributed by atoms with Gasteiger partial charge in [0.1, 0.15) is 12.7 Å². The van der Waals surface area contributed by atoms with Crippen LogP contribution in [-0.2, 0) is 33.3 Å². The minimum absolute atomic E-state index is 0.144. The smallest absolute Gasteiger partial charge is 0.333 e. The van der Waals surface area contributed by atoms with Crippen molar-refractivity contribution in [1.82, 2.24) is 0 Å². The van der Waals surface area contributed by atoms with Crippen LogP contribution in [-0.4, -0.2) is 62.8 Å². The van der Waals surface area contributed by atoms with Crippen LogP contribution >= 0.6 is 0 Å². The molecule has 0 saturated carbocycles. The maximum Gasteiger partial charge on any atom is 0.333 e. The van der Waals surface area contributed by atoms with Gasteiger partial charge in [-0.2, -0.15) is 0 Å². The summed E-state index contributed by atoms with van der Waals surface area (Å²) in [4.78, 5) is 22.7. The van der Waals surface area contributed by atoms with Crippen LogP contribution in [0.4, 0.5) is 0 Å². The van der Waals surface area contributed by atoms with Crippen molar-refractivity contribution in [3.8, 4) is 0 Å². The molecule has 0 aromatic heterocycles. The molecule has 0 aromatic rings. The largest absolute Gasteiger partial charge is 0.460 e. The van der Waals surface area contributed by atoms with Gasteiger partial charge in [-0.05, 0) is 41.5 Å². The Hall–Kier alpha value is -1.70. The summed E-state index contributed by atoms with van der Waals surface area (Å²) < 4.78 is 27.0. The SMILES string of the molecule is C=C(C)C(=O)OCC(C)OCC(C)OCC(C)OCC(C)OC(=O)C(=C)C. The summed E-state index contributed by atoms with van der Waals surface area (Å²) in [7, 11) is 0. The number of ether oxygens (including phenoxy) is 5. The first-order chi connectivity index (χ1) is 12.5. The highest BCUT2D eigenvalue weighted by molar-refractivity contribution is 5.87. The van der Waals surface area contributed by atoms with E-state index >= 15 is 0 Å². The molecule has 27 heavy (non-hydrogen) atoms. The van der Waals surface area contributed by atoms with Gasteiger partial charge in [0.15, 0.2) is 0 Å². The van der Waals surface area contributed by atoms with Gasteiger partial charge in [-0.3, -0.25) is 0 Å². The van der Waals surface area contributed by atoms with E-state index in [1.54, 1.807) is 20.8 Å². The van der Waals surface area contributed by atoms with E-state index in [1.807, 2.05) is 20.8 Å². The Morgan fingerprint density at radius 2 is 1.04 bits per heavy atom. The topological polar surface area (TPSA) is 80.3 Å². The summed E-state index contributed by atoms with van der Waals surface area (Å²) in [6.07, 6.45) is -0.904. The highest BCUT2D eigenvalue weighted by atomic mass is 16.6. The number of hydrogen-bond donors (Lipinski definition) is 0. The summed E-state index contributed by atoms with van der Waals surface area (Å²) in [5, 5.41) is 0. The van der Waals surface area contributed by atoms with E-state index in [4.69, 9.17) is 23.7 Å². The van der Waals surface area contributed by atoms with Crippen LogP contribution in [0, 0.1) is 0 Å². The summed E-state index contributed by atoms with van der Waals surface area (Å²) in [5.41, 5.74) is 0.715. The summed E-state index contributed by atoms with van der Waals surface area (Å²) in [6.45, 7) is 18.8. The van der Waals surface area contributed by atoms with Crippen molar-refractivity contribution in [3.63, 3.8) is 0 Å². The van der Waals surface area contributed by atoms with Crippen LogP contribution in [0.5, 0.6) is 0 Å². The van der Waals surface area contributed by atoms with Gasteiger partial charge in [-0.25, -0.2) is 9.59 Å². The van der Waals surface area contributed by atoms with E-state index in [0.29, 0.717) is 24.4 Å². The van der Waals surface area contributed by atoms with Gasteiger partial charge in [0.05, 0.1) is 38.1 Å². The number of carbonyl (C=O) groups is 2. The number of carbonyl (C=O) groups excluding carboxylic acids is 2. The molecule has 7 nitrogen and oxygen atoms in total. The first kappa shape index (κ1) is 25.3. The molecule has 0 aliphatic heterocycles. The Balaban J connectivity index is 3.89. The van der Waals surface area contributed by atoms with Gasteiger partial charge in [-0.1, -0.05) is 13.2 Å². The molecule has 0 bridgehead atoms. The molecule has 0 N–H and O–H groups in total. The lowest BCUT2D eigenvalue weighted by molar-refractivity contribution is -0.148. The monoisotopic (exact) mass is 386 g/mol. The Morgan fingerprint density at radius 3 is 1.44 bits per heavy atom. The van der Waals surface area contributed by atoms with Gasteiger partial charge in [0.2, 0.25) is 0 Å². The fourth-order valence-electron chi connectivity index (χ4n) is 1.68. The van der Waals surface area contributed by atoms with Crippen LogP contribution in [0.3, 0.4) is 0 Å². The molecule has 0 radical (unpaired) electrons. The van der Waals surface area contributed by atoms with Crippen LogP contribution in [0.2, 0.25) is 0 Å². The van der Waals surface area contributed by atoms with Crippen molar-refractivity contribution in [2.24, 2.45) is 0 Å². The van der Waals surface area contributed by atoms with Crippen molar-refractivity contribution in [3.05, 3.63) is 24.3 Å². The standard InChI is InChI=1S/C20H34O7/c1-13(2)19(21)26-11-17(7)24-9-15(5)23-10-16(6)25-12-18(8)27-20(22)14(3)4/h15-18H,1,3,9-12H2,2,4-8H3. The van der Waals surface area contributed by atoms with Crippen LogP contribution in [0.15, 0.2) is 24.3 Å². The average Bonchev–Trinajstić information content (AvgIpc) is 2.60. The van der Waals surface area contributed by atoms with E-state index in [1.165, 1.54) is 0 Å². The molecule has 4 unspecified atom stereocenters. The normalized spacial score (nSPS) is 15.3. The molecule has 0 aliphatic carbocycles. The molecule has 0 amide bonds. The number of rotatable bonds is 14. The van der Waals surface area contributed by atoms with Crippen molar-refractivity contribution in [2.75, 3.05) is 26.4 Å². The fraction of sp³-hybridized carbons (Fsp3) is 0.700. The lowest BCUT2D eigenvalue weighted by atomic mass is 10.3. The van der Waals surface area contributed by atoms with Crippen molar-refractivity contribution < 1.29 is 33.3 Å². The van der Waals surface area contributed by atoms with Crippen LogP contribution < -0.4 is 0 Å². The lowest BCUT2D eigenvalue weighted by Crippen LogP contribution is -2.29. The second kappa shape index (κ2) is 13.5. The van der Waals surface area contributed by atoms with Crippen molar-refractivity contribution in [2.45, 2.75) is 66.0 Å². The molecule has 156 valence electrons. The third-order valence-corrected chi connectivity index (χ3v) is 3.30. The highest BCUT2D eigenvalue weighted by Crippen LogP contribution is 2.04. The molecule has 0 aromatic carbocycles. The molecular weight excluding hydrogens is 352 g/mol. The lowest BCUT2D eigenvalue weighted by Gasteiger charge is -2.21. The zero-order valence-corrected chi connectivity index (χ0v) is 17.4. The predicted molar refractivity (Wildman–Crippen MR) is 102 cm³/mol. The molecule has 4 atom stereocenters. The molecule has 0 heterocycles. The Morgan fingerprint density at radius 1 is 0.667 bits per heavy atom. The zero-order chi connectivity index (χ0) is 21.0. The maximum absolute atomic E-state index is 11.4. The van der Waals surface area contributed by atoms with Crippen molar-refractivity contribution >= 4 is 11.9 Å². The maximum atomic E-state index is 11.4. The molecule has 7 heteroatoms. The van der Waals surface area contributed by atoms with Crippen molar-refractivity contribution in [1.29, 1.82) is 0 Å². The van der Waals surface area contributed by atoms with Gasteiger partial charge >= 0.3 is 11.9 Å². The molecule has 0 aliphatic rings. The minimum atomic E-state index is -0.427. The quantitative estimate of drug-likeness (QED) is 0.335. The Bertz CT molecular complexity index is 501. The van der Waals surface area contributed by atoms with Crippen LogP contribution in [0.25, 0.3) is 0 Å². The van der Waals surface area contributed by atoms with Gasteiger partial charge < -0.3 is 23.7 Å². The zero-order valence-electron chi connectivity index (χ0n) is 17.4. The fourth-order valence-corrected chi connectivity index (χ4v) is 1.68. The molecular formula is C20H34O7. The third-order valence-electron chi connectivity index (χ3n) is 3.30. The van der Waals surface area contributed by atoms with E-state index in [-0.39, 0.29) is 37.6 Å². The minimum Gasteiger partial charge on any atom is -0.460 e. The number of hydrogen-bond acceptors (Lipinski definition) is 7. The second-order valence-corrected chi connectivity index (χ2v) is 6.81. The number of esters is 2. The highest BCUT2D eigenvalue weighted by Gasteiger charge is 2.14. The van der Waals surface area contributed by atoms with E-state index in [0.717, 1.165) is 0 Å². The first-order valence-electron chi connectivity index (χ1n) is 9.06. The molecule has 0 spiro atoms. The van der Waals surface area contributed by atoms with E-state index in [2.05, 4.69) is 13.2 Å². The molecule has 0 rings (SSSR count). The first-order valence-corrected chi connectivity index (χ1v) is 9.06. The predicted octanol–water partition coefficient (Wildman–Crippen LogP) is 2.83. The summed E-state index contributed by atoms with van der Waals surface area (Å²) in [5.74, 6) is -0.854. The Labute approximate surface area is 162 Å². The molecule has 0 fully saturated rings. The average molecular weight is 386 g/mol. The van der Waals surface area contributed by atoms with Gasteiger partial charge in [0, 0.05) is 11.1 Å². The summed E-state index contributed by atoms with van der Waals surface area (Å²) in [6, 6.07) is 0. The van der Waals surface area contributed by atoms with E-state index in [9.17, 15) is 9.59 Å². The Kier molecular flexibility index (Phi) is 12.6. The van der Waals surface area contributed by atoms with Gasteiger partial charge in [0.25, 0.3) is 0 Å².